The van der Waals surface area contributed by atoms with E-state index in [1.54, 1.807) is 12.1 Å². The van der Waals surface area contributed by atoms with Crippen LogP contribution in [0.3, 0.4) is 0 Å². The van der Waals surface area contributed by atoms with Crippen molar-refractivity contribution in [1.29, 1.82) is 0 Å². The Morgan fingerprint density at radius 3 is 2.57 bits per heavy atom. The zero-order valence-corrected chi connectivity index (χ0v) is 14.6. The molecule has 1 heterocycles. The van der Waals surface area contributed by atoms with Gasteiger partial charge in [-0.05, 0) is 43.4 Å². The number of aryl methyl sites for hydroxylation is 1. The van der Waals surface area contributed by atoms with Crippen molar-refractivity contribution < 1.29 is 13.2 Å². The van der Waals surface area contributed by atoms with Gasteiger partial charge in [0, 0.05) is 26.1 Å². The molecule has 1 fully saturated rings. The van der Waals surface area contributed by atoms with Gasteiger partial charge in [-0.25, -0.2) is 13.1 Å². The van der Waals surface area contributed by atoms with Crippen LogP contribution in [0.25, 0.3) is 0 Å². The number of sulfonamides is 1. The van der Waals surface area contributed by atoms with Crippen LogP contribution >= 0.6 is 0 Å². The molecule has 0 saturated carbocycles. The van der Waals surface area contributed by atoms with Gasteiger partial charge < -0.3 is 4.90 Å². The Kier molecular flexibility index (Phi) is 6.59. The van der Waals surface area contributed by atoms with Gasteiger partial charge in [0.15, 0.2) is 0 Å². The molecule has 1 aromatic rings. The lowest BCUT2D eigenvalue weighted by molar-refractivity contribution is -0.130. The molecule has 128 valence electrons. The molecular formula is C17H26N2O3S. The third kappa shape index (κ3) is 5.32. The minimum absolute atomic E-state index is 0.195. The zero-order valence-electron chi connectivity index (χ0n) is 13.8. The molecule has 0 spiro atoms. The predicted octanol–water partition coefficient (Wildman–Crippen LogP) is 2.32. The van der Waals surface area contributed by atoms with Crippen molar-refractivity contribution in [2.24, 2.45) is 0 Å². The Hall–Kier alpha value is -1.40. The second-order valence-corrected chi connectivity index (χ2v) is 7.71. The van der Waals surface area contributed by atoms with Gasteiger partial charge in [-0.3, -0.25) is 4.79 Å². The highest BCUT2D eigenvalue weighted by atomic mass is 32.2. The number of rotatable bonds is 7. The third-order valence-corrected chi connectivity index (χ3v) is 5.69. The number of nitrogens with zero attached hydrogens (tertiary/aromatic N) is 1. The van der Waals surface area contributed by atoms with E-state index in [1.807, 2.05) is 24.0 Å². The minimum atomic E-state index is -3.46. The van der Waals surface area contributed by atoms with E-state index in [2.05, 4.69) is 4.72 Å². The average molecular weight is 338 g/mol. The molecule has 1 N–H and O–H groups in total. The molecule has 1 aliphatic rings. The Balaban J connectivity index is 1.81. The fraction of sp³-hybridized carbons (Fsp3) is 0.588. The molecule has 1 amide bonds. The Morgan fingerprint density at radius 1 is 1.13 bits per heavy atom. The summed E-state index contributed by atoms with van der Waals surface area (Å²) in [6.07, 6.45) is 5.25. The van der Waals surface area contributed by atoms with Gasteiger partial charge in [0.25, 0.3) is 0 Å². The maximum absolute atomic E-state index is 12.2. The van der Waals surface area contributed by atoms with Crippen molar-refractivity contribution in [2.75, 3.05) is 19.6 Å². The summed E-state index contributed by atoms with van der Waals surface area (Å²) in [5.74, 6) is 0.195. The van der Waals surface area contributed by atoms with Crippen LogP contribution in [-0.2, 0) is 21.2 Å². The monoisotopic (exact) mass is 338 g/mol. The molecular weight excluding hydrogens is 312 g/mol. The molecule has 6 heteroatoms. The number of hydrogen-bond donors (Lipinski definition) is 1. The lowest BCUT2D eigenvalue weighted by Crippen LogP contribution is -2.34. The Morgan fingerprint density at radius 2 is 1.87 bits per heavy atom. The lowest BCUT2D eigenvalue weighted by Gasteiger charge is -2.20. The van der Waals surface area contributed by atoms with Gasteiger partial charge in [0.1, 0.15) is 0 Å². The number of benzene rings is 1. The van der Waals surface area contributed by atoms with Gasteiger partial charge in [-0.1, -0.05) is 25.5 Å². The number of nitrogens with one attached hydrogen (secondary N) is 1. The summed E-state index contributed by atoms with van der Waals surface area (Å²) < 4.78 is 27.0. The van der Waals surface area contributed by atoms with Gasteiger partial charge in [-0.15, -0.1) is 0 Å². The highest BCUT2D eigenvalue weighted by Crippen LogP contribution is 2.12. The molecule has 0 aliphatic carbocycles. The van der Waals surface area contributed by atoms with Crippen LogP contribution in [0.1, 0.15) is 44.6 Å². The number of hydrogen-bond acceptors (Lipinski definition) is 3. The number of carbonyl (C=O) groups excluding carboxylic acids is 1. The minimum Gasteiger partial charge on any atom is -0.343 e. The van der Waals surface area contributed by atoms with E-state index in [-0.39, 0.29) is 5.91 Å². The third-order valence-electron chi connectivity index (χ3n) is 4.21. The SMILES string of the molecule is CCc1ccc(S(=O)(=O)NCCCN2CCCCCC2=O)cc1. The summed E-state index contributed by atoms with van der Waals surface area (Å²) in [5, 5.41) is 0. The molecule has 1 saturated heterocycles. The first kappa shape index (κ1) is 17.9. The maximum Gasteiger partial charge on any atom is 0.240 e. The largest absolute Gasteiger partial charge is 0.343 e. The summed E-state index contributed by atoms with van der Waals surface area (Å²) in [6, 6.07) is 6.95. The molecule has 0 unspecified atom stereocenters. The lowest BCUT2D eigenvalue weighted by atomic mass is 10.2. The van der Waals surface area contributed by atoms with Crippen LogP contribution < -0.4 is 4.72 Å². The number of amides is 1. The van der Waals surface area contributed by atoms with Crippen molar-refractivity contribution in [1.82, 2.24) is 9.62 Å². The number of carbonyl (C=O) groups is 1. The molecule has 1 aromatic carbocycles. The van der Waals surface area contributed by atoms with Crippen LogP contribution in [0.15, 0.2) is 29.2 Å². The second kappa shape index (κ2) is 8.45. The fourth-order valence-corrected chi connectivity index (χ4v) is 3.81. The van der Waals surface area contributed by atoms with Gasteiger partial charge in [0.05, 0.1) is 4.90 Å². The van der Waals surface area contributed by atoms with Crippen molar-refractivity contribution in [3.05, 3.63) is 29.8 Å². The van der Waals surface area contributed by atoms with Crippen LogP contribution in [-0.4, -0.2) is 38.9 Å². The first-order valence-electron chi connectivity index (χ1n) is 8.39. The predicted molar refractivity (Wildman–Crippen MR) is 90.7 cm³/mol. The Bertz CT molecular complexity index is 611. The van der Waals surface area contributed by atoms with Crippen molar-refractivity contribution in [3.8, 4) is 0 Å². The fourth-order valence-electron chi connectivity index (χ4n) is 2.74. The summed E-state index contributed by atoms with van der Waals surface area (Å²) in [6.45, 7) is 3.80. The molecule has 0 aromatic heterocycles. The molecule has 0 bridgehead atoms. The smallest absolute Gasteiger partial charge is 0.240 e. The second-order valence-electron chi connectivity index (χ2n) is 5.94. The normalized spacial score (nSPS) is 16.4. The van der Waals surface area contributed by atoms with Crippen LogP contribution in [0, 0.1) is 0 Å². The van der Waals surface area contributed by atoms with Gasteiger partial charge in [0.2, 0.25) is 15.9 Å². The van der Waals surface area contributed by atoms with Crippen molar-refractivity contribution >= 4 is 15.9 Å². The van der Waals surface area contributed by atoms with Crippen LogP contribution in [0.5, 0.6) is 0 Å². The van der Waals surface area contributed by atoms with E-state index in [1.165, 1.54) is 0 Å². The van der Waals surface area contributed by atoms with Crippen LogP contribution in [0.2, 0.25) is 0 Å². The Labute approximate surface area is 139 Å². The summed E-state index contributed by atoms with van der Waals surface area (Å²) in [4.78, 5) is 14.0. The number of likely N-dealkylation sites (tertiary alicyclic amines) is 1. The van der Waals surface area contributed by atoms with Gasteiger partial charge in [-0.2, -0.15) is 0 Å². The molecule has 2 rings (SSSR count). The first-order valence-corrected chi connectivity index (χ1v) is 9.87. The first-order chi connectivity index (χ1) is 11.0. The van der Waals surface area contributed by atoms with E-state index in [4.69, 9.17) is 0 Å². The highest BCUT2D eigenvalue weighted by molar-refractivity contribution is 7.89. The van der Waals surface area contributed by atoms with Crippen molar-refractivity contribution in [2.45, 2.75) is 50.3 Å². The maximum atomic E-state index is 12.2. The standard InChI is InChI=1S/C17H26N2O3S/c1-2-15-8-10-16(11-9-15)23(21,22)18-12-6-14-19-13-5-3-4-7-17(19)20/h8-11,18H,2-7,12-14H2,1H3. The highest BCUT2D eigenvalue weighted by Gasteiger charge is 2.17. The summed E-state index contributed by atoms with van der Waals surface area (Å²) in [5.41, 5.74) is 1.11. The van der Waals surface area contributed by atoms with E-state index in [9.17, 15) is 13.2 Å². The molecule has 0 radical (unpaired) electrons. The molecule has 0 atom stereocenters. The van der Waals surface area contributed by atoms with E-state index in [0.29, 0.717) is 30.8 Å². The molecule has 23 heavy (non-hydrogen) atoms. The van der Waals surface area contributed by atoms with E-state index in [0.717, 1.165) is 37.8 Å². The zero-order chi connectivity index (χ0) is 16.7. The summed E-state index contributed by atoms with van der Waals surface area (Å²) in [7, 11) is -3.46. The van der Waals surface area contributed by atoms with Crippen LogP contribution in [0.4, 0.5) is 0 Å². The molecule has 1 aliphatic heterocycles. The van der Waals surface area contributed by atoms with E-state index < -0.39 is 10.0 Å². The van der Waals surface area contributed by atoms with Gasteiger partial charge >= 0.3 is 0 Å². The van der Waals surface area contributed by atoms with E-state index >= 15 is 0 Å². The molecule has 5 nitrogen and oxygen atoms in total. The quantitative estimate of drug-likeness (QED) is 0.776. The summed E-state index contributed by atoms with van der Waals surface area (Å²) >= 11 is 0. The average Bonchev–Trinajstić information content (AvgIpc) is 2.76. The topological polar surface area (TPSA) is 66.5 Å². The van der Waals surface area contributed by atoms with Crippen molar-refractivity contribution in [3.63, 3.8) is 0 Å².